The lowest BCUT2D eigenvalue weighted by Gasteiger charge is -2.10. The topological polar surface area (TPSA) is 39.4 Å². The fourth-order valence-corrected chi connectivity index (χ4v) is 2.29. The van der Waals surface area contributed by atoms with Crippen molar-refractivity contribution in [2.24, 2.45) is 0 Å². The molecule has 0 N–H and O–H groups in total. The zero-order valence-electron chi connectivity index (χ0n) is 9.31. The van der Waals surface area contributed by atoms with Crippen LogP contribution in [0.3, 0.4) is 0 Å². The summed E-state index contributed by atoms with van der Waals surface area (Å²) in [5.74, 6) is 0.771. The van der Waals surface area contributed by atoms with E-state index in [1.54, 1.807) is 16.8 Å². The van der Waals surface area contributed by atoms with Gasteiger partial charge in [-0.25, -0.2) is 18.3 Å². The number of rotatable bonds is 4. The van der Waals surface area contributed by atoms with Crippen molar-refractivity contribution in [1.29, 1.82) is 0 Å². The smallest absolute Gasteiger partial charge is 0.272 e. The van der Waals surface area contributed by atoms with Gasteiger partial charge < -0.3 is 4.74 Å². The van der Waals surface area contributed by atoms with Gasteiger partial charge in [0, 0.05) is 12.0 Å². The summed E-state index contributed by atoms with van der Waals surface area (Å²) in [5, 5.41) is 4.45. The van der Waals surface area contributed by atoms with Gasteiger partial charge in [0.2, 0.25) is 0 Å². The van der Waals surface area contributed by atoms with Crippen LogP contribution >= 0.6 is 22.6 Å². The number of alkyl halides is 2. The predicted molar refractivity (Wildman–Crippen MR) is 69.2 cm³/mol. The molecule has 1 fully saturated rings. The maximum Gasteiger partial charge on any atom is 0.272 e. The van der Waals surface area contributed by atoms with Gasteiger partial charge in [0.15, 0.2) is 5.65 Å². The SMILES string of the molecule is FC(F)COc1cc2ncc(I)n2nc1C1CC1. The highest BCUT2D eigenvalue weighted by molar-refractivity contribution is 14.1. The van der Waals surface area contributed by atoms with Crippen LogP contribution in [0.25, 0.3) is 5.65 Å². The number of hydrogen-bond donors (Lipinski definition) is 0. The van der Waals surface area contributed by atoms with Crippen molar-refractivity contribution in [1.82, 2.24) is 14.6 Å². The molecule has 2 aromatic heterocycles. The van der Waals surface area contributed by atoms with Crippen molar-refractivity contribution in [3.05, 3.63) is 21.7 Å². The van der Waals surface area contributed by atoms with E-state index in [2.05, 4.69) is 32.7 Å². The Hall–Kier alpha value is -0.990. The van der Waals surface area contributed by atoms with Crippen LogP contribution in [0, 0.1) is 3.70 Å². The first-order valence-corrected chi connectivity index (χ1v) is 6.68. The molecule has 0 bridgehead atoms. The van der Waals surface area contributed by atoms with Crippen LogP contribution in [0.5, 0.6) is 5.75 Å². The van der Waals surface area contributed by atoms with Crippen LogP contribution in [0.1, 0.15) is 24.5 Å². The highest BCUT2D eigenvalue weighted by Gasteiger charge is 2.30. The third-order valence-electron chi connectivity index (χ3n) is 2.77. The summed E-state index contributed by atoms with van der Waals surface area (Å²) in [4.78, 5) is 4.15. The molecule has 2 heterocycles. The van der Waals surface area contributed by atoms with Crippen molar-refractivity contribution in [2.45, 2.75) is 25.2 Å². The lowest BCUT2D eigenvalue weighted by Crippen LogP contribution is -2.10. The average molecular weight is 365 g/mol. The largest absolute Gasteiger partial charge is 0.485 e. The molecule has 3 rings (SSSR count). The maximum atomic E-state index is 12.2. The minimum Gasteiger partial charge on any atom is -0.485 e. The normalized spacial score (nSPS) is 15.6. The minimum atomic E-state index is -2.48. The molecule has 96 valence electrons. The fourth-order valence-electron chi connectivity index (χ4n) is 1.79. The summed E-state index contributed by atoms with van der Waals surface area (Å²) in [5.41, 5.74) is 1.38. The van der Waals surface area contributed by atoms with E-state index in [-0.39, 0.29) is 0 Å². The second kappa shape index (κ2) is 4.60. The van der Waals surface area contributed by atoms with E-state index in [4.69, 9.17) is 4.74 Å². The van der Waals surface area contributed by atoms with Crippen LogP contribution in [0.15, 0.2) is 12.3 Å². The van der Waals surface area contributed by atoms with Crippen molar-refractivity contribution in [3.8, 4) is 5.75 Å². The average Bonchev–Trinajstić information content (AvgIpc) is 3.12. The summed E-state index contributed by atoms with van der Waals surface area (Å²) < 4.78 is 32.2. The van der Waals surface area contributed by atoms with E-state index in [0.29, 0.717) is 17.3 Å². The van der Waals surface area contributed by atoms with E-state index in [9.17, 15) is 8.78 Å². The molecule has 2 aromatic rings. The fraction of sp³-hybridized carbons (Fsp3) is 0.455. The van der Waals surface area contributed by atoms with Crippen LogP contribution in [-0.4, -0.2) is 27.6 Å². The number of nitrogens with zero attached hydrogens (tertiary/aromatic N) is 3. The monoisotopic (exact) mass is 365 g/mol. The van der Waals surface area contributed by atoms with Gasteiger partial charge in [0.25, 0.3) is 6.43 Å². The first-order valence-electron chi connectivity index (χ1n) is 5.60. The molecular formula is C11H10F2IN3O. The minimum absolute atomic E-state index is 0.334. The quantitative estimate of drug-likeness (QED) is 0.783. The highest BCUT2D eigenvalue weighted by atomic mass is 127. The van der Waals surface area contributed by atoms with Crippen molar-refractivity contribution in [3.63, 3.8) is 0 Å². The molecule has 0 spiro atoms. The van der Waals surface area contributed by atoms with Gasteiger partial charge in [-0.3, -0.25) is 0 Å². The summed E-state index contributed by atoms with van der Waals surface area (Å²) in [6.45, 7) is -0.602. The Morgan fingerprint density at radius 2 is 2.28 bits per heavy atom. The lowest BCUT2D eigenvalue weighted by molar-refractivity contribution is 0.0811. The summed E-state index contributed by atoms with van der Waals surface area (Å²) in [7, 11) is 0. The number of imidazole rings is 1. The van der Waals surface area contributed by atoms with Crippen molar-refractivity contribution in [2.75, 3.05) is 6.61 Å². The molecule has 0 saturated heterocycles. The third kappa shape index (κ3) is 2.27. The van der Waals surface area contributed by atoms with Gasteiger partial charge in [0.05, 0.1) is 6.20 Å². The van der Waals surface area contributed by atoms with E-state index < -0.39 is 13.0 Å². The Labute approximate surface area is 115 Å². The Kier molecular flexibility index (Phi) is 3.08. The number of hydrogen-bond acceptors (Lipinski definition) is 3. The maximum absolute atomic E-state index is 12.2. The van der Waals surface area contributed by atoms with Crippen molar-refractivity contribution < 1.29 is 13.5 Å². The number of ether oxygens (including phenoxy) is 1. The molecule has 18 heavy (non-hydrogen) atoms. The zero-order valence-corrected chi connectivity index (χ0v) is 11.5. The van der Waals surface area contributed by atoms with E-state index in [1.165, 1.54) is 0 Å². The summed E-state index contributed by atoms with van der Waals surface area (Å²) in [6.07, 6.45) is 1.29. The molecule has 0 atom stereocenters. The number of halogens is 3. The first-order chi connectivity index (χ1) is 8.65. The molecule has 7 heteroatoms. The van der Waals surface area contributed by atoms with E-state index >= 15 is 0 Å². The van der Waals surface area contributed by atoms with E-state index in [1.807, 2.05) is 0 Å². The summed E-state index contributed by atoms with van der Waals surface area (Å²) >= 11 is 2.13. The molecule has 0 radical (unpaired) electrons. The van der Waals surface area contributed by atoms with Crippen molar-refractivity contribution >= 4 is 28.2 Å². The summed E-state index contributed by atoms with van der Waals surface area (Å²) in [6, 6.07) is 1.69. The number of aromatic nitrogens is 3. The van der Waals surface area contributed by atoms with Gasteiger partial charge in [-0.2, -0.15) is 5.10 Å². The van der Waals surface area contributed by atoms with Crippen LogP contribution in [0.4, 0.5) is 8.78 Å². The highest BCUT2D eigenvalue weighted by Crippen LogP contribution is 2.43. The standard InChI is InChI=1S/C11H10F2IN3O/c12-8(13)5-18-7-3-10-15-4-9(14)17(10)16-11(7)6-1-2-6/h3-4,6,8H,1-2,5H2. The molecule has 0 amide bonds. The van der Waals surface area contributed by atoms with E-state index in [0.717, 1.165) is 22.2 Å². The molecule has 1 aliphatic carbocycles. The van der Waals surface area contributed by atoms with Crippen LogP contribution < -0.4 is 4.74 Å². The second-order valence-corrected chi connectivity index (χ2v) is 5.33. The molecule has 0 unspecified atom stereocenters. The molecular weight excluding hydrogens is 355 g/mol. The third-order valence-corrected chi connectivity index (χ3v) is 3.51. The molecule has 0 aliphatic heterocycles. The molecule has 0 aromatic carbocycles. The van der Waals surface area contributed by atoms with Gasteiger partial charge in [-0.05, 0) is 35.4 Å². The first kappa shape index (κ1) is 12.1. The predicted octanol–water partition coefficient (Wildman–Crippen LogP) is 2.86. The Morgan fingerprint density at radius 3 is 2.94 bits per heavy atom. The Balaban J connectivity index is 2.01. The van der Waals surface area contributed by atoms with Crippen LogP contribution in [0.2, 0.25) is 0 Å². The Bertz CT molecular complexity index is 583. The van der Waals surface area contributed by atoms with Gasteiger partial charge >= 0.3 is 0 Å². The number of fused-ring (bicyclic) bond motifs is 1. The van der Waals surface area contributed by atoms with Gasteiger partial charge in [-0.1, -0.05) is 0 Å². The molecule has 1 aliphatic rings. The Morgan fingerprint density at radius 1 is 1.50 bits per heavy atom. The van der Waals surface area contributed by atoms with Gasteiger partial charge in [0.1, 0.15) is 21.8 Å². The van der Waals surface area contributed by atoms with Crippen LogP contribution in [-0.2, 0) is 0 Å². The zero-order chi connectivity index (χ0) is 12.7. The molecule has 1 saturated carbocycles. The molecule has 4 nitrogen and oxygen atoms in total. The van der Waals surface area contributed by atoms with Gasteiger partial charge in [-0.15, -0.1) is 0 Å². The lowest BCUT2D eigenvalue weighted by atomic mass is 10.2. The second-order valence-electron chi connectivity index (χ2n) is 4.22.